The standard InChI is InChI=1S/C24H19Cl2N3O2S/c1-31-22-12-11-19(13-20(22)26)29-14-21(16-5-3-2-4-6-16)28-24(29)32-15-23(30)27-18-9-7-17(25)8-10-18/h2-14H,15H2,1H3,(H,27,30). The number of benzene rings is 3. The first kappa shape index (κ1) is 22.3. The van der Waals surface area contributed by atoms with Gasteiger partial charge in [0.2, 0.25) is 5.91 Å². The molecule has 0 radical (unpaired) electrons. The molecule has 1 N–H and O–H groups in total. The predicted octanol–water partition coefficient (Wildman–Crippen LogP) is 6.59. The molecule has 4 rings (SSSR count). The SMILES string of the molecule is COc1ccc(-n2cc(-c3ccccc3)nc2SCC(=O)Nc2ccc(Cl)cc2)cc1Cl. The van der Waals surface area contributed by atoms with Crippen LogP contribution >= 0.6 is 35.0 Å². The fraction of sp³-hybridized carbons (Fsp3) is 0.0833. The maximum absolute atomic E-state index is 12.5. The van der Waals surface area contributed by atoms with Crippen molar-refractivity contribution in [3.63, 3.8) is 0 Å². The first-order valence-electron chi connectivity index (χ1n) is 9.70. The molecule has 0 saturated carbocycles. The second kappa shape index (κ2) is 10.1. The van der Waals surface area contributed by atoms with E-state index in [4.69, 9.17) is 32.9 Å². The number of ether oxygens (including phenoxy) is 1. The largest absolute Gasteiger partial charge is 0.495 e. The monoisotopic (exact) mass is 483 g/mol. The number of carbonyl (C=O) groups excluding carboxylic acids is 1. The van der Waals surface area contributed by atoms with Crippen molar-refractivity contribution in [1.29, 1.82) is 0 Å². The molecule has 32 heavy (non-hydrogen) atoms. The summed E-state index contributed by atoms with van der Waals surface area (Å²) in [6.07, 6.45) is 1.94. The van der Waals surface area contributed by atoms with Gasteiger partial charge in [0.05, 0.1) is 23.6 Å². The van der Waals surface area contributed by atoms with Crippen LogP contribution in [0, 0.1) is 0 Å². The quantitative estimate of drug-likeness (QED) is 0.301. The Hall–Kier alpha value is -2.93. The zero-order valence-electron chi connectivity index (χ0n) is 17.1. The Balaban J connectivity index is 1.59. The van der Waals surface area contributed by atoms with Crippen molar-refractivity contribution >= 4 is 46.6 Å². The van der Waals surface area contributed by atoms with Gasteiger partial charge in [-0.25, -0.2) is 4.98 Å². The van der Waals surface area contributed by atoms with E-state index >= 15 is 0 Å². The molecule has 1 aromatic heterocycles. The first-order valence-corrected chi connectivity index (χ1v) is 11.4. The summed E-state index contributed by atoms with van der Waals surface area (Å²) in [4.78, 5) is 17.3. The van der Waals surface area contributed by atoms with Crippen LogP contribution in [0.2, 0.25) is 10.0 Å². The number of imidazole rings is 1. The maximum Gasteiger partial charge on any atom is 0.234 e. The topological polar surface area (TPSA) is 56.2 Å². The highest BCUT2D eigenvalue weighted by Gasteiger charge is 2.15. The smallest absolute Gasteiger partial charge is 0.234 e. The van der Waals surface area contributed by atoms with Gasteiger partial charge < -0.3 is 10.1 Å². The number of nitrogens with one attached hydrogen (secondary N) is 1. The predicted molar refractivity (Wildman–Crippen MR) is 131 cm³/mol. The second-order valence-electron chi connectivity index (χ2n) is 6.81. The summed E-state index contributed by atoms with van der Waals surface area (Å²) >= 11 is 13.6. The summed E-state index contributed by atoms with van der Waals surface area (Å²) < 4.78 is 7.18. The summed E-state index contributed by atoms with van der Waals surface area (Å²) in [5.74, 6) is 0.647. The normalized spacial score (nSPS) is 10.7. The highest BCUT2D eigenvalue weighted by atomic mass is 35.5. The van der Waals surface area contributed by atoms with E-state index in [1.165, 1.54) is 11.8 Å². The highest BCUT2D eigenvalue weighted by molar-refractivity contribution is 7.99. The Bertz CT molecular complexity index is 1230. The molecule has 5 nitrogen and oxygen atoms in total. The zero-order chi connectivity index (χ0) is 22.5. The van der Waals surface area contributed by atoms with Crippen LogP contribution in [-0.4, -0.2) is 28.3 Å². The van der Waals surface area contributed by atoms with Gasteiger partial charge in [-0.15, -0.1) is 0 Å². The van der Waals surface area contributed by atoms with E-state index in [1.54, 1.807) is 31.4 Å². The minimum absolute atomic E-state index is 0.138. The molecule has 1 amide bonds. The molecular formula is C24H19Cl2N3O2S. The summed E-state index contributed by atoms with van der Waals surface area (Å²) in [6, 6.07) is 22.4. The molecule has 3 aromatic carbocycles. The highest BCUT2D eigenvalue weighted by Crippen LogP contribution is 2.31. The molecule has 0 spiro atoms. The van der Waals surface area contributed by atoms with E-state index < -0.39 is 0 Å². The van der Waals surface area contributed by atoms with Crippen molar-refractivity contribution in [2.24, 2.45) is 0 Å². The van der Waals surface area contributed by atoms with Crippen molar-refractivity contribution in [2.75, 3.05) is 18.2 Å². The van der Waals surface area contributed by atoms with Gasteiger partial charge in [0.15, 0.2) is 5.16 Å². The minimum Gasteiger partial charge on any atom is -0.495 e. The van der Waals surface area contributed by atoms with Crippen LogP contribution in [0.15, 0.2) is 84.1 Å². The average Bonchev–Trinajstić information content (AvgIpc) is 3.24. The van der Waals surface area contributed by atoms with E-state index in [-0.39, 0.29) is 11.7 Å². The van der Waals surface area contributed by atoms with Crippen molar-refractivity contribution in [3.8, 4) is 22.7 Å². The molecule has 1 heterocycles. The summed E-state index contributed by atoms with van der Waals surface area (Å²) in [7, 11) is 1.58. The molecule has 0 aliphatic rings. The lowest BCUT2D eigenvalue weighted by molar-refractivity contribution is -0.113. The van der Waals surface area contributed by atoms with E-state index in [1.807, 2.05) is 59.3 Å². The number of hydrogen-bond acceptors (Lipinski definition) is 4. The van der Waals surface area contributed by atoms with Crippen molar-refractivity contribution in [2.45, 2.75) is 5.16 Å². The van der Waals surface area contributed by atoms with E-state index in [0.717, 1.165) is 16.9 Å². The van der Waals surface area contributed by atoms with Gasteiger partial charge in [-0.1, -0.05) is 65.3 Å². The molecular weight excluding hydrogens is 465 g/mol. The van der Waals surface area contributed by atoms with Gasteiger partial charge >= 0.3 is 0 Å². The number of rotatable bonds is 7. The Morgan fingerprint density at radius 2 is 1.81 bits per heavy atom. The molecule has 8 heteroatoms. The number of aromatic nitrogens is 2. The van der Waals surface area contributed by atoms with Crippen LogP contribution < -0.4 is 10.1 Å². The lowest BCUT2D eigenvalue weighted by atomic mass is 10.2. The second-order valence-corrected chi connectivity index (χ2v) is 8.59. The molecule has 0 unspecified atom stereocenters. The molecule has 0 atom stereocenters. The van der Waals surface area contributed by atoms with Gasteiger partial charge in [-0.05, 0) is 42.5 Å². The zero-order valence-corrected chi connectivity index (χ0v) is 19.4. The van der Waals surface area contributed by atoms with E-state index in [9.17, 15) is 4.79 Å². The van der Waals surface area contributed by atoms with Crippen LogP contribution in [0.5, 0.6) is 5.75 Å². The molecule has 162 valence electrons. The Labute approximate surface area is 200 Å². The molecule has 0 aliphatic heterocycles. The summed E-state index contributed by atoms with van der Waals surface area (Å²) in [6.45, 7) is 0. The van der Waals surface area contributed by atoms with Gasteiger partial charge in [0, 0.05) is 28.2 Å². The third-order valence-corrected chi connectivity index (χ3v) is 6.12. The first-order chi connectivity index (χ1) is 15.5. The fourth-order valence-corrected chi connectivity index (χ4v) is 4.23. The number of carbonyl (C=O) groups is 1. The summed E-state index contributed by atoms with van der Waals surface area (Å²) in [5, 5.41) is 4.66. The Kier molecular flexibility index (Phi) is 7.05. The van der Waals surface area contributed by atoms with Crippen LogP contribution in [-0.2, 0) is 4.79 Å². The number of anilines is 1. The minimum atomic E-state index is -0.138. The maximum atomic E-state index is 12.5. The molecule has 0 saturated heterocycles. The van der Waals surface area contributed by atoms with Gasteiger partial charge in [0.1, 0.15) is 5.75 Å². The number of amides is 1. The summed E-state index contributed by atoms with van der Waals surface area (Å²) in [5.41, 5.74) is 3.30. The number of methoxy groups -OCH3 is 1. The van der Waals surface area contributed by atoms with Crippen LogP contribution in [0.4, 0.5) is 5.69 Å². The molecule has 0 fully saturated rings. The number of halogens is 2. The Morgan fingerprint density at radius 1 is 1.06 bits per heavy atom. The average molecular weight is 484 g/mol. The number of nitrogens with zero attached hydrogens (tertiary/aromatic N) is 2. The van der Waals surface area contributed by atoms with Gasteiger partial charge in [-0.2, -0.15) is 0 Å². The van der Waals surface area contributed by atoms with E-state index in [2.05, 4.69) is 5.32 Å². The van der Waals surface area contributed by atoms with Gasteiger partial charge in [0.25, 0.3) is 0 Å². The Morgan fingerprint density at radius 3 is 2.50 bits per heavy atom. The fourth-order valence-electron chi connectivity index (χ4n) is 3.06. The number of thioether (sulfide) groups is 1. The lowest BCUT2D eigenvalue weighted by Crippen LogP contribution is -2.14. The number of hydrogen-bond donors (Lipinski definition) is 1. The van der Waals surface area contributed by atoms with Crippen molar-refractivity contribution < 1.29 is 9.53 Å². The molecule has 4 aromatic rings. The van der Waals surface area contributed by atoms with Crippen molar-refractivity contribution in [1.82, 2.24) is 9.55 Å². The lowest BCUT2D eigenvalue weighted by Gasteiger charge is -2.10. The third kappa shape index (κ3) is 5.27. The van der Waals surface area contributed by atoms with E-state index in [0.29, 0.717) is 26.6 Å². The van der Waals surface area contributed by atoms with Crippen LogP contribution in [0.1, 0.15) is 0 Å². The van der Waals surface area contributed by atoms with Crippen molar-refractivity contribution in [3.05, 3.63) is 89.0 Å². The molecule has 0 bridgehead atoms. The third-order valence-electron chi connectivity index (χ3n) is 4.62. The van der Waals surface area contributed by atoms with Crippen LogP contribution in [0.25, 0.3) is 16.9 Å². The molecule has 0 aliphatic carbocycles. The van der Waals surface area contributed by atoms with Crippen LogP contribution in [0.3, 0.4) is 0 Å². The van der Waals surface area contributed by atoms with Gasteiger partial charge in [-0.3, -0.25) is 9.36 Å².